The summed E-state index contributed by atoms with van der Waals surface area (Å²) in [4.78, 5) is 15.5. The number of fused-ring (bicyclic) bond motifs is 2. The number of carboxylic acid groups (broad SMARTS) is 1. The van der Waals surface area contributed by atoms with Crippen LogP contribution >= 0.6 is 11.6 Å². The smallest absolute Gasteiger partial charge is 0.339 e. The number of carbonyl (C=O) groups is 1. The van der Waals surface area contributed by atoms with E-state index in [1.165, 1.54) is 6.20 Å². The zero-order valence-corrected chi connectivity index (χ0v) is 10.5. The fourth-order valence-electron chi connectivity index (χ4n) is 3.05. The molecular weight excluding hydrogens is 270 g/mol. The van der Waals surface area contributed by atoms with Gasteiger partial charge in [0, 0.05) is 18.2 Å². The monoisotopic (exact) mass is 279 g/mol. The Morgan fingerprint density at radius 3 is 2.89 bits per heavy atom. The highest BCUT2D eigenvalue weighted by Crippen LogP contribution is 2.57. The summed E-state index contributed by atoms with van der Waals surface area (Å²) in [6.45, 7) is 1.38. The first-order valence-corrected chi connectivity index (χ1v) is 6.40. The van der Waals surface area contributed by atoms with Crippen molar-refractivity contribution in [2.45, 2.75) is 5.92 Å². The van der Waals surface area contributed by atoms with Crippen LogP contribution in [-0.4, -0.2) is 38.9 Å². The van der Waals surface area contributed by atoms with Crippen LogP contribution in [0, 0.1) is 11.8 Å². The minimum Gasteiger partial charge on any atom is -0.478 e. The second kappa shape index (κ2) is 3.68. The van der Waals surface area contributed by atoms with Gasteiger partial charge in [0.25, 0.3) is 0 Å². The zero-order chi connectivity index (χ0) is 13.1. The van der Waals surface area contributed by atoms with Crippen molar-refractivity contribution >= 4 is 23.2 Å². The molecule has 4 rings (SSSR count). The van der Waals surface area contributed by atoms with Crippen LogP contribution in [0.4, 0.5) is 0 Å². The van der Waals surface area contributed by atoms with E-state index in [-0.39, 0.29) is 11.5 Å². The number of carboxylic acids is 1. The van der Waals surface area contributed by atoms with Crippen molar-refractivity contribution in [3.63, 3.8) is 0 Å². The highest BCUT2D eigenvalue weighted by Gasteiger charge is 2.57. The summed E-state index contributed by atoms with van der Waals surface area (Å²) < 4.78 is 6.92. The first kappa shape index (κ1) is 11.2. The number of nitrogens with zero attached hydrogens (tertiary/aromatic N) is 3. The van der Waals surface area contributed by atoms with E-state index in [0.717, 1.165) is 0 Å². The second-order valence-electron chi connectivity index (χ2n) is 4.99. The Bertz CT molecular complexity index is 689. The molecule has 19 heavy (non-hydrogen) atoms. The fraction of sp³-hybridized carbons (Fsp3) is 0.417. The van der Waals surface area contributed by atoms with E-state index in [0.29, 0.717) is 41.5 Å². The lowest BCUT2D eigenvalue weighted by Gasteiger charge is -2.10. The Morgan fingerprint density at radius 2 is 2.21 bits per heavy atom. The first-order chi connectivity index (χ1) is 9.16. The lowest BCUT2D eigenvalue weighted by molar-refractivity contribution is 0.0693. The van der Waals surface area contributed by atoms with Gasteiger partial charge in [-0.2, -0.15) is 5.10 Å². The van der Waals surface area contributed by atoms with Crippen molar-refractivity contribution in [1.29, 1.82) is 0 Å². The Kier molecular flexibility index (Phi) is 2.17. The summed E-state index contributed by atoms with van der Waals surface area (Å²) in [7, 11) is 0. The molecule has 98 valence electrons. The predicted molar refractivity (Wildman–Crippen MR) is 65.5 cm³/mol. The number of aromatic nitrogens is 3. The molecule has 2 atom stereocenters. The third-order valence-electron chi connectivity index (χ3n) is 3.99. The standard InChI is InChI=1S/C12H10ClN3O3/c13-8-1-9-14-2-5(12(17)18)11(16(9)15-8)10-6-3-19-4-7(6)10/h1-2,6-7,10H,3-4H2,(H,17,18). The highest BCUT2D eigenvalue weighted by atomic mass is 35.5. The maximum Gasteiger partial charge on any atom is 0.339 e. The molecule has 2 aromatic heterocycles. The van der Waals surface area contributed by atoms with Gasteiger partial charge in [0.05, 0.1) is 24.5 Å². The Morgan fingerprint density at radius 1 is 1.47 bits per heavy atom. The summed E-state index contributed by atoms with van der Waals surface area (Å²) in [6, 6.07) is 1.63. The summed E-state index contributed by atoms with van der Waals surface area (Å²) in [5.41, 5.74) is 1.48. The van der Waals surface area contributed by atoms with E-state index in [2.05, 4.69) is 10.1 Å². The van der Waals surface area contributed by atoms with E-state index in [9.17, 15) is 9.90 Å². The highest BCUT2D eigenvalue weighted by molar-refractivity contribution is 6.29. The van der Waals surface area contributed by atoms with Crippen molar-refractivity contribution in [3.8, 4) is 0 Å². The molecular formula is C12H10ClN3O3. The van der Waals surface area contributed by atoms with Gasteiger partial charge < -0.3 is 9.84 Å². The molecule has 0 bridgehead atoms. The van der Waals surface area contributed by atoms with Crippen molar-refractivity contribution in [1.82, 2.24) is 14.6 Å². The Labute approximate surface area is 113 Å². The Hall–Kier alpha value is -1.66. The van der Waals surface area contributed by atoms with E-state index >= 15 is 0 Å². The molecule has 1 aliphatic carbocycles. The molecule has 1 saturated heterocycles. The van der Waals surface area contributed by atoms with Crippen LogP contribution < -0.4 is 0 Å². The molecule has 6 nitrogen and oxygen atoms in total. The van der Waals surface area contributed by atoms with E-state index in [1.807, 2.05) is 0 Å². The van der Waals surface area contributed by atoms with Crippen LogP contribution in [0.5, 0.6) is 0 Å². The molecule has 0 spiro atoms. The van der Waals surface area contributed by atoms with E-state index in [1.54, 1.807) is 10.6 Å². The van der Waals surface area contributed by atoms with Gasteiger partial charge in [-0.3, -0.25) is 0 Å². The quantitative estimate of drug-likeness (QED) is 0.900. The minimum absolute atomic E-state index is 0.182. The van der Waals surface area contributed by atoms with Crippen molar-refractivity contribution in [2.75, 3.05) is 13.2 Å². The molecule has 7 heteroatoms. The Balaban J connectivity index is 1.94. The van der Waals surface area contributed by atoms with Crippen LogP contribution in [0.25, 0.3) is 5.65 Å². The molecule has 2 unspecified atom stereocenters. The average Bonchev–Trinajstić information content (AvgIpc) is 2.76. The van der Waals surface area contributed by atoms with Gasteiger partial charge in [0.2, 0.25) is 0 Å². The normalized spacial score (nSPS) is 28.6. The maximum atomic E-state index is 11.4. The number of aromatic carboxylic acids is 1. The van der Waals surface area contributed by atoms with Crippen molar-refractivity contribution in [2.24, 2.45) is 11.8 Å². The molecule has 1 N–H and O–H groups in total. The topological polar surface area (TPSA) is 76.7 Å². The van der Waals surface area contributed by atoms with Crippen LogP contribution in [0.1, 0.15) is 22.0 Å². The second-order valence-corrected chi connectivity index (χ2v) is 5.38. The van der Waals surface area contributed by atoms with Crippen LogP contribution in [-0.2, 0) is 4.74 Å². The summed E-state index contributed by atoms with van der Waals surface area (Å²) in [5.74, 6) is -0.0124. The van der Waals surface area contributed by atoms with Gasteiger partial charge in [-0.15, -0.1) is 0 Å². The molecule has 3 heterocycles. The summed E-state index contributed by atoms with van der Waals surface area (Å²) in [6.07, 6.45) is 1.39. The van der Waals surface area contributed by atoms with Gasteiger partial charge >= 0.3 is 5.97 Å². The van der Waals surface area contributed by atoms with Crippen LogP contribution in [0.3, 0.4) is 0 Å². The largest absolute Gasteiger partial charge is 0.478 e. The average molecular weight is 280 g/mol. The summed E-state index contributed by atoms with van der Waals surface area (Å²) in [5, 5.41) is 13.8. The molecule has 2 aliphatic rings. The molecule has 0 amide bonds. The molecule has 1 saturated carbocycles. The minimum atomic E-state index is -0.984. The lowest BCUT2D eigenvalue weighted by atomic mass is 10.1. The maximum absolute atomic E-state index is 11.4. The van der Waals surface area contributed by atoms with E-state index in [4.69, 9.17) is 16.3 Å². The SMILES string of the molecule is O=C(O)c1cnc2cc(Cl)nn2c1C1C2COCC21. The zero-order valence-electron chi connectivity index (χ0n) is 9.78. The van der Waals surface area contributed by atoms with Crippen molar-refractivity contribution in [3.05, 3.63) is 28.7 Å². The molecule has 0 aromatic carbocycles. The van der Waals surface area contributed by atoms with Gasteiger partial charge in [-0.25, -0.2) is 14.3 Å². The third-order valence-corrected chi connectivity index (χ3v) is 4.17. The van der Waals surface area contributed by atoms with Gasteiger partial charge in [-0.05, 0) is 11.8 Å². The molecule has 0 radical (unpaired) electrons. The van der Waals surface area contributed by atoms with Crippen molar-refractivity contribution < 1.29 is 14.6 Å². The van der Waals surface area contributed by atoms with Crippen LogP contribution in [0.2, 0.25) is 5.15 Å². The van der Waals surface area contributed by atoms with Gasteiger partial charge in [0.15, 0.2) is 10.8 Å². The predicted octanol–water partition coefficient (Wildman–Crippen LogP) is 1.44. The number of hydrogen-bond donors (Lipinski definition) is 1. The molecule has 2 fully saturated rings. The first-order valence-electron chi connectivity index (χ1n) is 6.02. The number of hydrogen-bond acceptors (Lipinski definition) is 4. The number of rotatable bonds is 2. The number of halogens is 1. The van der Waals surface area contributed by atoms with Crippen LogP contribution in [0.15, 0.2) is 12.3 Å². The fourth-order valence-corrected chi connectivity index (χ4v) is 3.23. The van der Waals surface area contributed by atoms with Gasteiger partial charge in [-0.1, -0.05) is 11.6 Å². The summed E-state index contributed by atoms with van der Waals surface area (Å²) >= 11 is 5.89. The third kappa shape index (κ3) is 1.50. The molecule has 2 aromatic rings. The number of ether oxygens (including phenoxy) is 1. The van der Waals surface area contributed by atoms with Gasteiger partial charge in [0.1, 0.15) is 0 Å². The lowest BCUT2D eigenvalue weighted by Crippen LogP contribution is -2.12. The van der Waals surface area contributed by atoms with E-state index < -0.39 is 5.97 Å². The molecule has 1 aliphatic heterocycles.